The Morgan fingerprint density at radius 2 is 1.35 bits per heavy atom. The van der Waals surface area contributed by atoms with Crippen molar-refractivity contribution in [2.45, 2.75) is 12.8 Å². The number of nitriles is 3. The molecule has 0 unspecified atom stereocenters. The lowest BCUT2D eigenvalue weighted by atomic mass is 9.94. The highest BCUT2D eigenvalue weighted by atomic mass is 15.1. The molecule has 1 aromatic heterocycles. The third kappa shape index (κ3) is 5.72. The smallest absolute Gasteiger partial charge is 0.0992 e. The minimum Gasteiger partial charge on any atom is -0.311 e. The molecule has 0 atom stereocenters. The van der Waals surface area contributed by atoms with Crippen LogP contribution < -0.4 is 4.90 Å². The van der Waals surface area contributed by atoms with E-state index in [1.807, 2.05) is 71.7 Å². The summed E-state index contributed by atoms with van der Waals surface area (Å²) < 4.78 is 2.32. The third-order valence-electron chi connectivity index (χ3n) is 9.68. The predicted molar refractivity (Wildman–Crippen MR) is 210 cm³/mol. The molecule has 5 aromatic carbocycles. The Morgan fingerprint density at radius 3 is 2.08 bits per heavy atom. The van der Waals surface area contributed by atoms with Crippen LogP contribution in [0, 0.1) is 34.0 Å². The maximum atomic E-state index is 10.3. The van der Waals surface area contributed by atoms with E-state index in [2.05, 4.69) is 108 Å². The van der Waals surface area contributed by atoms with Crippen molar-refractivity contribution in [2.24, 2.45) is 0 Å². The Labute approximate surface area is 302 Å². The van der Waals surface area contributed by atoms with Crippen LogP contribution in [0.5, 0.6) is 0 Å². The first kappa shape index (κ1) is 31.9. The predicted octanol–water partition coefficient (Wildman–Crippen LogP) is 11.2. The SMILES string of the molecule is C=C1/C=C\C(C#N)=C/Cc2ccccc2N1c1cc(C#N)cc(C2=CC(c3ccccc3-n3c4ccccc4c4ccccc43)=CC=C(C#N)C2)c1. The molecule has 6 aromatic rings. The standard InChI is InChI=1S/C47H31N5/c1-32-18-19-33(29-48)20-22-36-10-2-6-14-44(36)51(32)40-26-35(31-50)25-39(28-40)38-24-34(30-49)21-23-37(27-38)41-11-3-7-15-45(41)52-46-16-8-4-12-42(46)43-13-5-9-17-47(43)52/h2-21,23,25-28H,1,22,24H2/b19-18-,33-20+. The van der Waals surface area contributed by atoms with Gasteiger partial charge in [0.05, 0.1) is 40.5 Å². The Balaban J connectivity index is 1.30. The zero-order valence-corrected chi connectivity index (χ0v) is 28.3. The van der Waals surface area contributed by atoms with Gasteiger partial charge in [-0.3, -0.25) is 0 Å². The average molecular weight is 666 g/mol. The van der Waals surface area contributed by atoms with Crippen molar-refractivity contribution in [1.29, 1.82) is 15.8 Å². The van der Waals surface area contributed by atoms with Gasteiger partial charge >= 0.3 is 0 Å². The molecule has 2 aliphatic rings. The highest BCUT2D eigenvalue weighted by Gasteiger charge is 2.21. The maximum Gasteiger partial charge on any atom is 0.0992 e. The summed E-state index contributed by atoms with van der Waals surface area (Å²) in [6.45, 7) is 4.39. The van der Waals surface area contributed by atoms with Crippen LogP contribution in [0.1, 0.15) is 28.7 Å². The van der Waals surface area contributed by atoms with Gasteiger partial charge in [-0.1, -0.05) is 97.6 Å². The highest BCUT2D eigenvalue weighted by Crippen LogP contribution is 2.40. The van der Waals surface area contributed by atoms with Gasteiger partial charge < -0.3 is 9.47 Å². The van der Waals surface area contributed by atoms with E-state index in [1.54, 1.807) is 6.08 Å². The van der Waals surface area contributed by atoms with Crippen molar-refractivity contribution in [3.05, 3.63) is 197 Å². The molecule has 244 valence electrons. The number of hydrogen-bond acceptors (Lipinski definition) is 4. The lowest BCUT2D eigenvalue weighted by Gasteiger charge is -2.28. The van der Waals surface area contributed by atoms with Crippen molar-refractivity contribution in [3.63, 3.8) is 0 Å². The van der Waals surface area contributed by atoms with Crippen LogP contribution in [0.4, 0.5) is 11.4 Å². The van der Waals surface area contributed by atoms with Crippen LogP contribution in [0.25, 0.3) is 38.6 Å². The first-order valence-corrected chi connectivity index (χ1v) is 17.1. The van der Waals surface area contributed by atoms with Crippen molar-refractivity contribution in [1.82, 2.24) is 4.57 Å². The molecule has 0 amide bonds. The van der Waals surface area contributed by atoms with Crippen LogP contribution in [0.3, 0.4) is 0 Å². The van der Waals surface area contributed by atoms with Crippen molar-refractivity contribution in [2.75, 3.05) is 4.90 Å². The molecule has 5 heteroatoms. The van der Waals surface area contributed by atoms with E-state index in [-0.39, 0.29) is 0 Å². The molecule has 8 rings (SSSR count). The van der Waals surface area contributed by atoms with E-state index in [0.717, 1.165) is 55.9 Å². The second-order valence-electron chi connectivity index (χ2n) is 12.8. The highest BCUT2D eigenvalue weighted by molar-refractivity contribution is 6.09. The van der Waals surface area contributed by atoms with Gasteiger partial charge in [-0.2, -0.15) is 15.8 Å². The molecule has 0 N–H and O–H groups in total. The van der Waals surface area contributed by atoms with Gasteiger partial charge in [0.1, 0.15) is 0 Å². The number of benzene rings is 5. The number of allylic oxidation sites excluding steroid dienone is 10. The third-order valence-corrected chi connectivity index (χ3v) is 9.68. The summed E-state index contributed by atoms with van der Waals surface area (Å²) in [6.07, 6.45) is 12.6. The number of anilines is 2. The number of para-hydroxylation sites is 4. The quantitative estimate of drug-likeness (QED) is 0.188. The minimum atomic E-state index is 0.398. The van der Waals surface area contributed by atoms with E-state index in [9.17, 15) is 15.8 Å². The Bertz CT molecular complexity index is 2690. The van der Waals surface area contributed by atoms with Gasteiger partial charge in [-0.05, 0) is 89.4 Å². The van der Waals surface area contributed by atoms with E-state index in [1.165, 1.54) is 10.8 Å². The summed E-state index contributed by atoms with van der Waals surface area (Å²) in [7, 11) is 0. The second-order valence-corrected chi connectivity index (χ2v) is 12.8. The maximum absolute atomic E-state index is 10.3. The van der Waals surface area contributed by atoms with Crippen LogP contribution in [-0.2, 0) is 6.42 Å². The first-order valence-electron chi connectivity index (χ1n) is 17.1. The molecule has 0 fully saturated rings. The van der Waals surface area contributed by atoms with Gasteiger partial charge in [0.15, 0.2) is 0 Å². The van der Waals surface area contributed by atoms with Crippen molar-refractivity contribution >= 4 is 44.3 Å². The molecular formula is C47H31N5. The molecule has 0 radical (unpaired) electrons. The van der Waals surface area contributed by atoms with Gasteiger partial charge in [0, 0.05) is 51.0 Å². The number of hydrogen-bond donors (Lipinski definition) is 0. The summed E-state index contributed by atoms with van der Waals surface area (Å²) in [5, 5.41) is 32.6. The van der Waals surface area contributed by atoms with E-state index >= 15 is 0 Å². The Morgan fingerprint density at radius 1 is 0.654 bits per heavy atom. The van der Waals surface area contributed by atoms with Crippen LogP contribution in [-0.4, -0.2) is 4.57 Å². The van der Waals surface area contributed by atoms with Crippen LogP contribution >= 0.6 is 0 Å². The largest absolute Gasteiger partial charge is 0.311 e. The topological polar surface area (TPSA) is 79.5 Å². The number of fused-ring (bicyclic) bond motifs is 4. The Kier molecular flexibility index (Phi) is 8.26. The summed E-state index contributed by atoms with van der Waals surface area (Å²) >= 11 is 0. The summed E-state index contributed by atoms with van der Waals surface area (Å²) in [4.78, 5) is 2.04. The zero-order chi connectivity index (χ0) is 35.6. The number of aromatic nitrogens is 1. The Hall–Kier alpha value is -7.39. The van der Waals surface area contributed by atoms with Gasteiger partial charge in [-0.15, -0.1) is 0 Å². The summed E-state index contributed by atoms with van der Waals surface area (Å²) in [6, 6.07) is 46.2. The molecular weight excluding hydrogens is 635 g/mol. The fourth-order valence-corrected chi connectivity index (χ4v) is 7.25. The molecule has 52 heavy (non-hydrogen) atoms. The molecule has 5 nitrogen and oxygen atoms in total. The molecule has 0 saturated carbocycles. The molecule has 2 heterocycles. The van der Waals surface area contributed by atoms with Crippen LogP contribution in [0.15, 0.2) is 175 Å². The lowest BCUT2D eigenvalue weighted by molar-refractivity contribution is 1.16. The van der Waals surface area contributed by atoms with Crippen molar-refractivity contribution < 1.29 is 0 Å². The lowest BCUT2D eigenvalue weighted by Crippen LogP contribution is -2.16. The van der Waals surface area contributed by atoms with Gasteiger partial charge in [0.25, 0.3) is 0 Å². The summed E-state index contributed by atoms with van der Waals surface area (Å²) in [5.74, 6) is 0. The molecule has 0 bridgehead atoms. The average Bonchev–Trinajstić information content (AvgIpc) is 3.40. The summed E-state index contributed by atoms with van der Waals surface area (Å²) in [5.41, 5.74) is 12.0. The number of rotatable bonds is 4. The molecule has 0 saturated heterocycles. The normalized spacial score (nSPS) is 15.9. The number of nitrogens with zero attached hydrogens (tertiary/aromatic N) is 5. The fourth-order valence-electron chi connectivity index (χ4n) is 7.25. The van der Waals surface area contributed by atoms with Gasteiger partial charge in [-0.25, -0.2) is 0 Å². The monoisotopic (exact) mass is 665 g/mol. The molecule has 0 spiro atoms. The van der Waals surface area contributed by atoms with E-state index in [4.69, 9.17) is 0 Å². The fraction of sp³-hybridized carbons (Fsp3) is 0.0426. The van der Waals surface area contributed by atoms with E-state index < -0.39 is 0 Å². The van der Waals surface area contributed by atoms with Crippen molar-refractivity contribution in [3.8, 4) is 23.9 Å². The van der Waals surface area contributed by atoms with Gasteiger partial charge in [0.2, 0.25) is 0 Å². The molecule has 1 aliphatic heterocycles. The molecule has 1 aliphatic carbocycles. The zero-order valence-electron chi connectivity index (χ0n) is 28.3. The minimum absolute atomic E-state index is 0.398. The van der Waals surface area contributed by atoms with E-state index in [0.29, 0.717) is 35.2 Å². The second kappa shape index (κ2) is 13.5. The first-order chi connectivity index (χ1) is 25.6. The van der Waals surface area contributed by atoms with Crippen LogP contribution in [0.2, 0.25) is 0 Å².